The molecular formula is C9H10N5. The zero-order valence-electron chi connectivity index (χ0n) is 7.54. The van der Waals surface area contributed by atoms with Gasteiger partial charge >= 0.3 is 0 Å². The molecule has 0 spiro atoms. The molecule has 3 rings (SSSR count). The van der Waals surface area contributed by atoms with Crippen molar-refractivity contribution in [2.45, 2.75) is 6.04 Å². The summed E-state index contributed by atoms with van der Waals surface area (Å²) in [5, 5.41) is 7.47. The summed E-state index contributed by atoms with van der Waals surface area (Å²) in [6.45, 7) is 1.99. The average Bonchev–Trinajstić information content (AvgIpc) is 2.59. The molecule has 14 heavy (non-hydrogen) atoms. The van der Waals surface area contributed by atoms with Crippen LogP contribution in [0.4, 0.5) is 5.82 Å². The van der Waals surface area contributed by atoms with E-state index in [1.165, 1.54) is 0 Å². The Morgan fingerprint density at radius 3 is 3.14 bits per heavy atom. The molecule has 0 aliphatic carbocycles. The summed E-state index contributed by atoms with van der Waals surface area (Å²) >= 11 is 0. The maximum atomic E-state index is 4.20. The fraction of sp³-hybridized carbons (Fsp3) is 0.333. The maximum absolute atomic E-state index is 4.20. The molecule has 0 saturated carbocycles. The first kappa shape index (κ1) is 7.75. The van der Waals surface area contributed by atoms with Crippen LogP contribution < -0.4 is 10.6 Å². The van der Waals surface area contributed by atoms with Gasteiger partial charge in [0.05, 0.1) is 11.4 Å². The average molecular weight is 188 g/mol. The summed E-state index contributed by atoms with van der Waals surface area (Å²) in [5.41, 5.74) is 0.829. The lowest BCUT2D eigenvalue weighted by Crippen LogP contribution is -2.51. The lowest BCUT2D eigenvalue weighted by Gasteiger charge is -2.28. The van der Waals surface area contributed by atoms with Crippen LogP contribution in [0.15, 0.2) is 12.5 Å². The first-order valence-electron chi connectivity index (χ1n) is 4.60. The highest BCUT2D eigenvalue weighted by Crippen LogP contribution is 2.17. The van der Waals surface area contributed by atoms with Gasteiger partial charge in [0.25, 0.3) is 0 Å². The van der Waals surface area contributed by atoms with Gasteiger partial charge in [-0.1, -0.05) is 0 Å². The van der Waals surface area contributed by atoms with Gasteiger partial charge in [-0.15, -0.1) is 0 Å². The minimum Gasteiger partial charge on any atom is -0.364 e. The lowest BCUT2D eigenvalue weighted by molar-refractivity contribution is 0.471. The highest BCUT2D eigenvalue weighted by atomic mass is 15.1. The second-order valence-corrected chi connectivity index (χ2v) is 3.38. The van der Waals surface area contributed by atoms with Gasteiger partial charge in [-0.2, -0.15) is 0 Å². The van der Waals surface area contributed by atoms with Crippen molar-refractivity contribution < 1.29 is 0 Å². The lowest BCUT2D eigenvalue weighted by atomic mass is 10.2. The SMILES string of the molecule is [c]1c[nH]c2ncnc(NC3CNC3)c12. The Balaban J connectivity index is 1.97. The Labute approximate surface area is 81.0 Å². The highest BCUT2D eigenvalue weighted by Gasteiger charge is 2.17. The van der Waals surface area contributed by atoms with E-state index < -0.39 is 0 Å². The van der Waals surface area contributed by atoms with E-state index in [1.807, 2.05) is 0 Å². The molecular weight excluding hydrogens is 178 g/mol. The maximum Gasteiger partial charge on any atom is 0.143 e. The number of anilines is 1. The standard InChI is InChI=1S/C9H10N5/c1-2-11-8-7(1)9(13-5-12-8)14-6-3-10-4-6/h2,5-6,10H,3-4H2,(H2,11,12,13,14). The summed E-state index contributed by atoms with van der Waals surface area (Å²) in [4.78, 5) is 11.3. The molecule has 0 aromatic carbocycles. The molecule has 3 heterocycles. The van der Waals surface area contributed by atoms with Crippen LogP contribution in [-0.4, -0.2) is 34.1 Å². The van der Waals surface area contributed by atoms with Crippen LogP contribution in [0.2, 0.25) is 0 Å². The number of H-pyrrole nitrogens is 1. The minimum atomic E-state index is 0.483. The van der Waals surface area contributed by atoms with Gasteiger partial charge in [-0.05, 0) is 0 Å². The van der Waals surface area contributed by atoms with Gasteiger partial charge in [0.2, 0.25) is 0 Å². The second kappa shape index (κ2) is 2.95. The molecule has 0 unspecified atom stereocenters. The van der Waals surface area contributed by atoms with Crippen LogP contribution in [-0.2, 0) is 0 Å². The number of rotatable bonds is 2. The van der Waals surface area contributed by atoms with E-state index in [1.54, 1.807) is 12.5 Å². The second-order valence-electron chi connectivity index (χ2n) is 3.38. The van der Waals surface area contributed by atoms with Crippen molar-refractivity contribution in [3.05, 3.63) is 18.6 Å². The summed E-state index contributed by atoms with van der Waals surface area (Å²) in [7, 11) is 0. The van der Waals surface area contributed by atoms with Gasteiger partial charge < -0.3 is 15.6 Å². The summed E-state index contributed by atoms with van der Waals surface area (Å²) in [5.74, 6) is 0.864. The third kappa shape index (κ3) is 1.13. The topological polar surface area (TPSA) is 65.6 Å². The van der Waals surface area contributed by atoms with Gasteiger partial charge in [0.15, 0.2) is 0 Å². The first-order chi connectivity index (χ1) is 6.93. The predicted molar refractivity (Wildman–Crippen MR) is 53.0 cm³/mol. The van der Waals surface area contributed by atoms with Gasteiger partial charge in [-0.3, -0.25) is 0 Å². The Morgan fingerprint density at radius 2 is 2.36 bits per heavy atom. The molecule has 2 aromatic heterocycles. The Bertz CT molecular complexity index is 445. The number of hydrogen-bond donors (Lipinski definition) is 3. The van der Waals surface area contributed by atoms with E-state index >= 15 is 0 Å². The molecule has 1 saturated heterocycles. The Kier molecular flexibility index (Phi) is 1.63. The van der Waals surface area contributed by atoms with Crippen molar-refractivity contribution in [3.8, 4) is 0 Å². The van der Waals surface area contributed by atoms with Crippen LogP contribution in [0.25, 0.3) is 11.0 Å². The largest absolute Gasteiger partial charge is 0.364 e. The molecule has 0 amide bonds. The molecule has 2 aromatic rings. The number of fused-ring (bicyclic) bond motifs is 1. The summed E-state index contributed by atoms with van der Waals surface area (Å²) in [6, 6.07) is 3.56. The number of aromatic nitrogens is 3. The summed E-state index contributed by atoms with van der Waals surface area (Å²) in [6.07, 6.45) is 3.31. The van der Waals surface area contributed by atoms with Gasteiger partial charge in [0, 0.05) is 25.4 Å². The third-order valence-corrected chi connectivity index (χ3v) is 2.39. The van der Waals surface area contributed by atoms with Gasteiger partial charge in [0.1, 0.15) is 17.8 Å². The van der Waals surface area contributed by atoms with Crippen LogP contribution in [0.1, 0.15) is 0 Å². The molecule has 71 valence electrons. The monoisotopic (exact) mass is 188 g/mol. The van der Waals surface area contributed by atoms with E-state index in [0.29, 0.717) is 6.04 Å². The molecule has 5 nitrogen and oxygen atoms in total. The van der Waals surface area contributed by atoms with Crippen LogP contribution in [0.3, 0.4) is 0 Å². The molecule has 1 fully saturated rings. The summed E-state index contributed by atoms with van der Waals surface area (Å²) < 4.78 is 0. The molecule has 0 atom stereocenters. The zero-order valence-corrected chi connectivity index (χ0v) is 7.54. The minimum absolute atomic E-state index is 0.483. The van der Waals surface area contributed by atoms with Gasteiger partial charge in [-0.25, -0.2) is 9.97 Å². The molecule has 1 radical (unpaired) electrons. The predicted octanol–water partition coefficient (Wildman–Crippen LogP) is 0.142. The van der Waals surface area contributed by atoms with Crippen molar-refractivity contribution in [1.82, 2.24) is 20.3 Å². The normalized spacial score (nSPS) is 16.9. The van der Waals surface area contributed by atoms with Crippen molar-refractivity contribution in [2.24, 2.45) is 0 Å². The van der Waals surface area contributed by atoms with Crippen LogP contribution >= 0.6 is 0 Å². The highest BCUT2D eigenvalue weighted by molar-refractivity contribution is 5.86. The third-order valence-electron chi connectivity index (χ3n) is 2.39. The smallest absolute Gasteiger partial charge is 0.143 e. The molecule has 3 N–H and O–H groups in total. The fourth-order valence-electron chi connectivity index (χ4n) is 1.50. The fourth-order valence-corrected chi connectivity index (χ4v) is 1.50. The van der Waals surface area contributed by atoms with Crippen molar-refractivity contribution >= 4 is 16.9 Å². The van der Waals surface area contributed by atoms with E-state index in [0.717, 1.165) is 29.9 Å². The number of aromatic amines is 1. The number of nitrogens with zero attached hydrogens (tertiary/aromatic N) is 2. The number of nitrogens with one attached hydrogen (secondary N) is 3. The van der Waals surface area contributed by atoms with Crippen molar-refractivity contribution in [2.75, 3.05) is 18.4 Å². The molecule has 5 heteroatoms. The molecule has 1 aliphatic rings. The Morgan fingerprint density at radius 1 is 1.43 bits per heavy atom. The van der Waals surface area contributed by atoms with E-state index in [2.05, 4.69) is 31.7 Å². The number of hydrogen-bond acceptors (Lipinski definition) is 4. The Hall–Kier alpha value is -1.62. The van der Waals surface area contributed by atoms with E-state index in [9.17, 15) is 0 Å². The molecule has 0 bridgehead atoms. The quantitative estimate of drug-likeness (QED) is 0.627. The zero-order chi connectivity index (χ0) is 9.38. The van der Waals surface area contributed by atoms with E-state index in [4.69, 9.17) is 0 Å². The van der Waals surface area contributed by atoms with Crippen molar-refractivity contribution in [1.29, 1.82) is 0 Å². The van der Waals surface area contributed by atoms with E-state index in [-0.39, 0.29) is 0 Å². The van der Waals surface area contributed by atoms with Crippen LogP contribution in [0, 0.1) is 6.07 Å². The van der Waals surface area contributed by atoms with Crippen LogP contribution in [0.5, 0.6) is 0 Å². The molecule has 1 aliphatic heterocycles. The first-order valence-corrected chi connectivity index (χ1v) is 4.60. The van der Waals surface area contributed by atoms with Crippen molar-refractivity contribution in [3.63, 3.8) is 0 Å².